The zero-order valence-corrected chi connectivity index (χ0v) is 17.5. The summed E-state index contributed by atoms with van der Waals surface area (Å²) in [5, 5.41) is 2.85. The number of urea groups is 1. The monoisotopic (exact) mass is 407 g/mol. The summed E-state index contributed by atoms with van der Waals surface area (Å²) in [6.07, 6.45) is 4.65. The maximum Gasteiger partial charge on any atom is 0.317 e. The van der Waals surface area contributed by atoms with Gasteiger partial charge in [0.05, 0.1) is 17.8 Å². The first-order valence-electron chi connectivity index (χ1n) is 10.7. The van der Waals surface area contributed by atoms with Crippen LogP contribution in [0.5, 0.6) is 11.6 Å². The number of piperidine rings is 1. The Balaban J connectivity index is 1.63. The molecule has 7 heteroatoms. The largest absolute Gasteiger partial charge is 0.438 e. The molecule has 7 nitrogen and oxygen atoms in total. The number of nitrogens with zero attached hydrogens (tertiary/aromatic N) is 4. The maximum atomic E-state index is 12.5. The fourth-order valence-electron chi connectivity index (χ4n) is 3.85. The average molecular weight is 408 g/mol. The molecule has 158 valence electrons. The molecule has 0 aliphatic carbocycles. The van der Waals surface area contributed by atoms with Gasteiger partial charge in [-0.3, -0.25) is 0 Å². The molecule has 0 atom stereocenters. The van der Waals surface area contributed by atoms with Gasteiger partial charge in [-0.1, -0.05) is 31.2 Å². The van der Waals surface area contributed by atoms with E-state index in [9.17, 15) is 4.79 Å². The Morgan fingerprint density at radius 2 is 2.00 bits per heavy atom. The van der Waals surface area contributed by atoms with Gasteiger partial charge >= 0.3 is 6.03 Å². The molecule has 0 saturated carbocycles. The Morgan fingerprint density at radius 3 is 2.73 bits per heavy atom. The van der Waals surface area contributed by atoms with Crippen molar-refractivity contribution in [3.63, 3.8) is 0 Å². The van der Waals surface area contributed by atoms with Gasteiger partial charge in [-0.25, -0.2) is 9.78 Å². The van der Waals surface area contributed by atoms with E-state index in [4.69, 9.17) is 14.7 Å². The molecule has 2 amide bonds. The van der Waals surface area contributed by atoms with Gasteiger partial charge in [-0.15, -0.1) is 6.58 Å². The molecule has 0 unspecified atom stereocenters. The predicted molar refractivity (Wildman–Crippen MR) is 117 cm³/mol. The van der Waals surface area contributed by atoms with E-state index in [2.05, 4.69) is 23.7 Å². The van der Waals surface area contributed by atoms with Crippen molar-refractivity contribution in [2.45, 2.75) is 32.7 Å². The molecule has 2 aliphatic rings. The van der Waals surface area contributed by atoms with E-state index >= 15 is 0 Å². The minimum Gasteiger partial charge on any atom is -0.438 e. The van der Waals surface area contributed by atoms with Gasteiger partial charge in [0.15, 0.2) is 0 Å². The molecule has 0 radical (unpaired) electrons. The predicted octanol–water partition coefficient (Wildman–Crippen LogP) is 3.76. The van der Waals surface area contributed by atoms with E-state index in [1.165, 1.54) is 0 Å². The summed E-state index contributed by atoms with van der Waals surface area (Å²) >= 11 is 0. The lowest BCUT2D eigenvalue weighted by atomic mass is 9.99. The Hall–Kier alpha value is -3.09. The van der Waals surface area contributed by atoms with Crippen LogP contribution in [-0.4, -0.2) is 47.1 Å². The summed E-state index contributed by atoms with van der Waals surface area (Å²) < 4.78 is 6.19. The van der Waals surface area contributed by atoms with Crippen LogP contribution in [-0.2, 0) is 13.0 Å². The minimum atomic E-state index is -0.111. The molecule has 2 aliphatic heterocycles. The van der Waals surface area contributed by atoms with E-state index < -0.39 is 0 Å². The second kappa shape index (κ2) is 9.15. The third kappa shape index (κ3) is 4.56. The van der Waals surface area contributed by atoms with Gasteiger partial charge in [0.1, 0.15) is 5.75 Å². The van der Waals surface area contributed by atoms with Crippen molar-refractivity contribution < 1.29 is 9.53 Å². The van der Waals surface area contributed by atoms with Crippen LogP contribution in [0.4, 0.5) is 10.7 Å². The highest BCUT2D eigenvalue weighted by atomic mass is 16.5. The van der Waals surface area contributed by atoms with Gasteiger partial charge in [-0.05, 0) is 30.9 Å². The van der Waals surface area contributed by atoms with Gasteiger partial charge in [0, 0.05) is 32.6 Å². The first kappa shape index (κ1) is 20.2. The zero-order chi connectivity index (χ0) is 20.9. The SMILES string of the molecule is C=CCNC(=O)N1CCc2nc(N3CCC(C)CC3)nc(Oc3ccccc3)c2C1. The lowest BCUT2D eigenvalue weighted by molar-refractivity contribution is 0.192. The normalized spacial score (nSPS) is 16.7. The van der Waals surface area contributed by atoms with Gasteiger partial charge in [0.2, 0.25) is 11.8 Å². The number of hydrogen-bond acceptors (Lipinski definition) is 5. The van der Waals surface area contributed by atoms with Crippen LogP contribution in [0.25, 0.3) is 0 Å². The number of fused-ring (bicyclic) bond motifs is 1. The quantitative estimate of drug-likeness (QED) is 0.764. The minimum absolute atomic E-state index is 0.111. The van der Waals surface area contributed by atoms with Crippen LogP contribution in [0.3, 0.4) is 0 Å². The molecule has 1 N–H and O–H groups in total. The van der Waals surface area contributed by atoms with Crippen molar-refractivity contribution >= 4 is 12.0 Å². The van der Waals surface area contributed by atoms with E-state index in [0.29, 0.717) is 31.9 Å². The molecule has 1 aromatic heterocycles. The Bertz CT molecular complexity index is 894. The molecule has 1 saturated heterocycles. The second-order valence-electron chi connectivity index (χ2n) is 7.98. The lowest BCUT2D eigenvalue weighted by Gasteiger charge is -2.33. The standard InChI is InChI=1S/C23H29N5O2/c1-3-12-24-23(29)28-15-11-20-19(16-28)21(30-18-7-5-4-6-8-18)26-22(25-20)27-13-9-17(2)10-14-27/h3-8,17H,1,9-16H2,2H3,(H,24,29). The number of rotatable bonds is 5. The van der Waals surface area contributed by atoms with Crippen LogP contribution < -0.4 is 15.0 Å². The summed E-state index contributed by atoms with van der Waals surface area (Å²) in [7, 11) is 0. The van der Waals surface area contributed by atoms with Gasteiger partial charge in [0.25, 0.3) is 0 Å². The zero-order valence-electron chi connectivity index (χ0n) is 17.5. The van der Waals surface area contributed by atoms with Crippen molar-refractivity contribution in [1.29, 1.82) is 0 Å². The number of amides is 2. The third-order valence-electron chi connectivity index (χ3n) is 5.72. The molecule has 0 bridgehead atoms. The fourth-order valence-corrected chi connectivity index (χ4v) is 3.85. The number of para-hydroxylation sites is 1. The summed E-state index contributed by atoms with van der Waals surface area (Å²) in [4.78, 5) is 26.2. The van der Waals surface area contributed by atoms with E-state index in [1.54, 1.807) is 11.0 Å². The fraction of sp³-hybridized carbons (Fsp3) is 0.435. The van der Waals surface area contributed by atoms with Crippen LogP contribution in [0.15, 0.2) is 43.0 Å². The molecule has 1 aromatic carbocycles. The Kier molecular flexibility index (Phi) is 6.16. The average Bonchev–Trinajstić information content (AvgIpc) is 2.78. The molecule has 30 heavy (non-hydrogen) atoms. The highest BCUT2D eigenvalue weighted by molar-refractivity contribution is 5.74. The van der Waals surface area contributed by atoms with Crippen molar-refractivity contribution in [3.05, 3.63) is 54.2 Å². The van der Waals surface area contributed by atoms with Crippen LogP contribution >= 0.6 is 0 Å². The highest BCUT2D eigenvalue weighted by Crippen LogP contribution is 2.32. The van der Waals surface area contributed by atoms with E-state index in [-0.39, 0.29) is 6.03 Å². The molecule has 4 rings (SSSR count). The number of nitrogens with one attached hydrogen (secondary N) is 1. The topological polar surface area (TPSA) is 70.6 Å². The first-order valence-corrected chi connectivity index (χ1v) is 10.7. The van der Waals surface area contributed by atoms with Crippen molar-refractivity contribution in [2.24, 2.45) is 5.92 Å². The smallest absolute Gasteiger partial charge is 0.317 e. The summed E-state index contributed by atoms with van der Waals surface area (Å²) in [5.41, 5.74) is 1.85. The molecule has 3 heterocycles. The van der Waals surface area contributed by atoms with Crippen molar-refractivity contribution in [3.8, 4) is 11.6 Å². The van der Waals surface area contributed by atoms with Crippen molar-refractivity contribution in [1.82, 2.24) is 20.2 Å². The second-order valence-corrected chi connectivity index (χ2v) is 7.98. The molecular formula is C23H29N5O2. The van der Waals surface area contributed by atoms with Gasteiger partial charge in [-0.2, -0.15) is 4.98 Å². The number of aromatic nitrogens is 2. The number of anilines is 1. The van der Waals surface area contributed by atoms with E-state index in [0.717, 1.165) is 54.8 Å². The number of carbonyl (C=O) groups is 1. The molecule has 0 spiro atoms. The van der Waals surface area contributed by atoms with Crippen molar-refractivity contribution in [2.75, 3.05) is 31.1 Å². The van der Waals surface area contributed by atoms with Crippen LogP contribution in [0, 0.1) is 5.92 Å². The summed E-state index contributed by atoms with van der Waals surface area (Å²) in [5.74, 6) is 2.74. The van der Waals surface area contributed by atoms with Crippen LogP contribution in [0.1, 0.15) is 31.0 Å². The number of benzene rings is 1. The van der Waals surface area contributed by atoms with Gasteiger partial charge < -0.3 is 19.9 Å². The summed E-state index contributed by atoms with van der Waals surface area (Å²) in [6.45, 7) is 9.36. The number of hydrogen-bond donors (Lipinski definition) is 1. The number of carbonyl (C=O) groups excluding carboxylic acids is 1. The number of ether oxygens (including phenoxy) is 1. The molecule has 1 fully saturated rings. The Labute approximate surface area is 177 Å². The summed E-state index contributed by atoms with van der Waals surface area (Å²) in [6, 6.07) is 9.53. The third-order valence-corrected chi connectivity index (χ3v) is 5.72. The lowest BCUT2D eigenvalue weighted by Crippen LogP contribution is -2.43. The Morgan fingerprint density at radius 1 is 1.23 bits per heavy atom. The maximum absolute atomic E-state index is 12.5. The molecular weight excluding hydrogens is 378 g/mol. The highest BCUT2D eigenvalue weighted by Gasteiger charge is 2.28. The van der Waals surface area contributed by atoms with Crippen LogP contribution in [0.2, 0.25) is 0 Å². The first-order chi connectivity index (χ1) is 14.6. The van der Waals surface area contributed by atoms with E-state index in [1.807, 2.05) is 30.3 Å². The molecule has 2 aromatic rings.